The monoisotopic (exact) mass is 249 g/mol. The maximum atomic E-state index is 5.56. The molecule has 0 atom stereocenters. The van der Waals surface area contributed by atoms with Gasteiger partial charge < -0.3 is 10.2 Å². The summed E-state index contributed by atoms with van der Waals surface area (Å²) >= 11 is 1.48. The summed E-state index contributed by atoms with van der Waals surface area (Å²) in [4.78, 5) is 1.10. The van der Waals surface area contributed by atoms with Crippen molar-refractivity contribution in [2.75, 3.05) is 6.54 Å². The summed E-state index contributed by atoms with van der Waals surface area (Å²) in [5, 5.41) is 8.33. The zero-order valence-corrected chi connectivity index (χ0v) is 10.8. The molecule has 0 aliphatic heterocycles. The zero-order chi connectivity index (χ0) is 12.3. The molecule has 0 saturated heterocycles. The summed E-state index contributed by atoms with van der Waals surface area (Å²) < 4.78 is 5.33. The molecule has 0 unspecified atom stereocenters. The van der Waals surface area contributed by atoms with Crippen LogP contribution in [0.15, 0.2) is 32.7 Å². The Kier molecular flexibility index (Phi) is 3.81. The molecule has 1 aromatic heterocycles. The molecule has 17 heavy (non-hydrogen) atoms. The van der Waals surface area contributed by atoms with Crippen LogP contribution in [-0.2, 0) is 6.42 Å². The van der Waals surface area contributed by atoms with Crippen molar-refractivity contribution in [3.8, 4) is 0 Å². The highest BCUT2D eigenvalue weighted by molar-refractivity contribution is 7.99. The van der Waals surface area contributed by atoms with Gasteiger partial charge in [0.25, 0.3) is 5.22 Å². The number of rotatable bonds is 4. The molecule has 0 fully saturated rings. The molecule has 0 amide bonds. The first kappa shape index (κ1) is 12.1. The van der Waals surface area contributed by atoms with Gasteiger partial charge in [0, 0.05) is 11.8 Å². The van der Waals surface area contributed by atoms with Crippen molar-refractivity contribution >= 4 is 11.8 Å². The van der Waals surface area contributed by atoms with Crippen molar-refractivity contribution in [2.45, 2.75) is 30.4 Å². The molecule has 2 aromatic rings. The van der Waals surface area contributed by atoms with E-state index in [1.807, 2.05) is 0 Å². The summed E-state index contributed by atoms with van der Waals surface area (Å²) in [6.07, 6.45) is 0.913. The number of aromatic nitrogens is 2. The minimum absolute atomic E-state index is 0.577. The van der Waals surface area contributed by atoms with Gasteiger partial charge in [-0.15, -0.1) is 10.2 Å². The third-order valence-corrected chi connectivity index (χ3v) is 3.27. The van der Waals surface area contributed by atoms with Crippen molar-refractivity contribution in [1.82, 2.24) is 10.2 Å². The number of hydrogen-bond acceptors (Lipinski definition) is 5. The van der Waals surface area contributed by atoms with E-state index in [4.69, 9.17) is 10.2 Å². The smallest absolute Gasteiger partial charge is 0.281 e. The average molecular weight is 249 g/mol. The molecule has 0 radical (unpaired) electrons. The van der Waals surface area contributed by atoms with E-state index in [9.17, 15) is 0 Å². The van der Waals surface area contributed by atoms with Crippen molar-refractivity contribution < 1.29 is 4.42 Å². The van der Waals surface area contributed by atoms with Gasteiger partial charge in [-0.25, -0.2) is 0 Å². The molecule has 2 N–H and O–H groups in total. The molecule has 0 saturated carbocycles. The Labute approximate surface area is 105 Å². The molecule has 1 aromatic carbocycles. The largest absolute Gasteiger partial charge is 0.416 e. The predicted octanol–water partition coefficient (Wildman–Crippen LogP) is 2.34. The van der Waals surface area contributed by atoms with E-state index in [0.717, 1.165) is 11.3 Å². The fraction of sp³-hybridized carbons (Fsp3) is 0.333. The first-order valence-corrected chi connectivity index (χ1v) is 6.28. The summed E-state index contributed by atoms with van der Waals surface area (Å²) in [5.74, 6) is 0.587. The SMILES string of the molecule is Cc1nnc(Sc2ccc(CCN)c(C)c2)o1. The van der Waals surface area contributed by atoms with Crippen LogP contribution in [0.4, 0.5) is 0 Å². The molecular formula is C12H15N3OS. The van der Waals surface area contributed by atoms with Gasteiger partial charge in [-0.2, -0.15) is 0 Å². The fourth-order valence-corrected chi connectivity index (χ4v) is 2.41. The number of hydrogen-bond donors (Lipinski definition) is 1. The molecule has 1 heterocycles. The van der Waals surface area contributed by atoms with Crippen LogP contribution < -0.4 is 5.73 Å². The third kappa shape index (κ3) is 3.08. The lowest BCUT2D eigenvalue weighted by molar-refractivity contribution is 0.429. The Balaban J connectivity index is 2.14. The van der Waals surface area contributed by atoms with E-state index < -0.39 is 0 Å². The lowest BCUT2D eigenvalue weighted by Gasteiger charge is -2.05. The highest BCUT2D eigenvalue weighted by Crippen LogP contribution is 2.27. The van der Waals surface area contributed by atoms with Crippen LogP contribution in [0.2, 0.25) is 0 Å². The highest BCUT2D eigenvalue weighted by Gasteiger charge is 2.06. The van der Waals surface area contributed by atoms with E-state index >= 15 is 0 Å². The Bertz CT molecular complexity index is 510. The Morgan fingerprint density at radius 2 is 2.12 bits per heavy atom. The highest BCUT2D eigenvalue weighted by atomic mass is 32.2. The van der Waals surface area contributed by atoms with E-state index in [1.165, 1.54) is 22.9 Å². The van der Waals surface area contributed by atoms with Crippen LogP contribution in [-0.4, -0.2) is 16.7 Å². The number of nitrogens with two attached hydrogens (primary N) is 1. The van der Waals surface area contributed by atoms with Crippen LogP contribution in [0.5, 0.6) is 0 Å². The minimum atomic E-state index is 0.577. The average Bonchev–Trinajstić information content (AvgIpc) is 2.68. The molecule has 5 heteroatoms. The molecular weight excluding hydrogens is 234 g/mol. The van der Waals surface area contributed by atoms with Crippen LogP contribution >= 0.6 is 11.8 Å². The van der Waals surface area contributed by atoms with Crippen molar-refractivity contribution in [1.29, 1.82) is 0 Å². The second-order valence-electron chi connectivity index (χ2n) is 3.82. The molecule has 90 valence electrons. The van der Waals surface area contributed by atoms with Gasteiger partial charge in [0.2, 0.25) is 5.89 Å². The molecule has 0 aliphatic rings. The van der Waals surface area contributed by atoms with Gasteiger partial charge in [-0.05, 0) is 54.9 Å². The third-order valence-electron chi connectivity index (χ3n) is 2.44. The summed E-state index contributed by atoms with van der Waals surface area (Å²) in [6.45, 7) is 4.55. The topological polar surface area (TPSA) is 64.9 Å². The van der Waals surface area contributed by atoms with Crippen molar-refractivity contribution in [3.63, 3.8) is 0 Å². The second kappa shape index (κ2) is 5.33. The Morgan fingerprint density at radius 3 is 2.71 bits per heavy atom. The van der Waals surface area contributed by atoms with Crippen LogP contribution in [0.1, 0.15) is 17.0 Å². The molecule has 0 aliphatic carbocycles. The van der Waals surface area contributed by atoms with Crippen LogP contribution in [0, 0.1) is 13.8 Å². The van der Waals surface area contributed by atoms with Crippen molar-refractivity contribution in [2.24, 2.45) is 5.73 Å². The van der Waals surface area contributed by atoms with E-state index in [0.29, 0.717) is 17.7 Å². The summed E-state index contributed by atoms with van der Waals surface area (Å²) in [6, 6.07) is 6.28. The normalized spacial score (nSPS) is 10.8. The summed E-state index contributed by atoms with van der Waals surface area (Å²) in [5.41, 5.74) is 8.09. The van der Waals surface area contributed by atoms with Gasteiger partial charge in [0.1, 0.15) is 0 Å². The van der Waals surface area contributed by atoms with E-state index in [2.05, 4.69) is 35.3 Å². The lowest BCUT2D eigenvalue weighted by atomic mass is 10.1. The minimum Gasteiger partial charge on any atom is -0.416 e. The molecule has 0 bridgehead atoms. The first-order valence-electron chi connectivity index (χ1n) is 5.46. The number of benzene rings is 1. The zero-order valence-electron chi connectivity index (χ0n) is 9.93. The van der Waals surface area contributed by atoms with Gasteiger partial charge >= 0.3 is 0 Å². The maximum absolute atomic E-state index is 5.56. The molecule has 2 rings (SSSR count). The van der Waals surface area contributed by atoms with Crippen LogP contribution in [0.25, 0.3) is 0 Å². The first-order chi connectivity index (χ1) is 8.19. The standard InChI is InChI=1S/C12H15N3OS/c1-8-7-11(4-3-10(8)5-6-13)17-12-15-14-9(2)16-12/h3-4,7H,5-6,13H2,1-2H3. The van der Waals surface area contributed by atoms with Gasteiger partial charge in [0.15, 0.2) is 0 Å². The second-order valence-corrected chi connectivity index (χ2v) is 4.84. The predicted molar refractivity (Wildman–Crippen MR) is 67.1 cm³/mol. The molecule has 0 spiro atoms. The number of aryl methyl sites for hydroxylation is 2. The lowest BCUT2D eigenvalue weighted by Crippen LogP contribution is -2.03. The van der Waals surface area contributed by atoms with Crippen molar-refractivity contribution in [3.05, 3.63) is 35.2 Å². The summed E-state index contributed by atoms with van der Waals surface area (Å²) in [7, 11) is 0. The van der Waals surface area contributed by atoms with Gasteiger partial charge in [-0.1, -0.05) is 6.07 Å². The van der Waals surface area contributed by atoms with Gasteiger partial charge in [0.05, 0.1) is 0 Å². The van der Waals surface area contributed by atoms with Crippen LogP contribution in [0.3, 0.4) is 0 Å². The number of nitrogens with zero attached hydrogens (tertiary/aromatic N) is 2. The fourth-order valence-electron chi connectivity index (χ4n) is 1.59. The van der Waals surface area contributed by atoms with Gasteiger partial charge in [-0.3, -0.25) is 0 Å². The maximum Gasteiger partial charge on any atom is 0.281 e. The van der Waals surface area contributed by atoms with E-state index in [-0.39, 0.29) is 0 Å². The Hall–Kier alpha value is -1.33. The quantitative estimate of drug-likeness (QED) is 0.901. The molecule has 4 nitrogen and oxygen atoms in total. The Morgan fingerprint density at radius 1 is 1.29 bits per heavy atom. The van der Waals surface area contributed by atoms with E-state index in [1.54, 1.807) is 6.92 Å².